The van der Waals surface area contributed by atoms with Gasteiger partial charge in [0.25, 0.3) is 0 Å². The van der Waals surface area contributed by atoms with E-state index in [-0.39, 0.29) is 12.5 Å². The lowest BCUT2D eigenvalue weighted by molar-refractivity contribution is -0.136. The highest BCUT2D eigenvalue weighted by molar-refractivity contribution is 5.77. The third kappa shape index (κ3) is 4.49. The van der Waals surface area contributed by atoms with Crippen LogP contribution in [0, 0.1) is 0 Å². The third-order valence-electron chi connectivity index (χ3n) is 5.37. The lowest BCUT2D eigenvalue weighted by atomic mass is 10.1. The number of rotatable bonds is 5. The summed E-state index contributed by atoms with van der Waals surface area (Å²) in [6.07, 6.45) is 0.680. The molecule has 1 aromatic heterocycles. The summed E-state index contributed by atoms with van der Waals surface area (Å²) < 4.78 is 11.2. The van der Waals surface area contributed by atoms with Gasteiger partial charge in [-0.25, -0.2) is 4.98 Å². The third-order valence-corrected chi connectivity index (χ3v) is 5.37. The van der Waals surface area contributed by atoms with E-state index < -0.39 is 0 Å². The first kappa shape index (κ1) is 19.6. The topological polar surface area (TPSA) is 71.0 Å². The first-order valence-electron chi connectivity index (χ1n) is 9.97. The van der Waals surface area contributed by atoms with Gasteiger partial charge in [-0.05, 0) is 19.2 Å². The Bertz CT molecular complexity index is 853. The molecule has 154 valence electrons. The number of anilines is 1. The Kier molecular flexibility index (Phi) is 5.92. The molecule has 2 aliphatic rings. The highest BCUT2D eigenvalue weighted by Gasteiger charge is 2.28. The van der Waals surface area contributed by atoms with Crippen molar-refractivity contribution in [3.8, 4) is 11.6 Å². The smallest absolute Gasteiger partial charge is 0.248 e. The Hall–Kier alpha value is -2.71. The molecule has 2 aromatic rings. The summed E-state index contributed by atoms with van der Waals surface area (Å²) >= 11 is 0. The molecule has 0 aliphatic carbocycles. The summed E-state index contributed by atoms with van der Waals surface area (Å²) in [5.74, 6) is 1.93. The average Bonchev–Trinajstić information content (AvgIpc) is 2.75. The summed E-state index contributed by atoms with van der Waals surface area (Å²) in [4.78, 5) is 28.2. The first-order chi connectivity index (χ1) is 14.1. The molecule has 0 unspecified atom stereocenters. The minimum atomic E-state index is -0.0352. The van der Waals surface area contributed by atoms with Gasteiger partial charge in [0.15, 0.2) is 0 Å². The van der Waals surface area contributed by atoms with Crippen LogP contribution in [0.15, 0.2) is 30.3 Å². The number of benzene rings is 1. The SMILES string of the molecule is COCC(=O)N1CCc2nc(N3CCN(C)CC3)nc(Oc3ccccc3)c2C1. The molecule has 3 heterocycles. The van der Waals surface area contributed by atoms with E-state index in [0.29, 0.717) is 31.3 Å². The molecule has 0 atom stereocenters. The zero-order valence-corrected chi connectivity index (χ0v) is 17.0. The molecular weight excluding hydrogens is 370 g/mol. The van der Waals surface area contributed by atoms with Gasteiger partial charge >= 0.3 is 0 Å². The number of nitrogens with zero attached hydrogens (tertiary/aromatic N) is 5. The van der Waals surface area contributed by atoms with E-state index in [0.717, 1.165) is 43.2 Å². The molecule has 1 amide bonds. The van der Waals surface area contributed by atoms with Gasteiger partial charge in [0.2, 0.25) is 17.7 Å². The van der Waals surface area contributed by atoms with Crippen molar-refractivity contribution < 1.29 is 14.3 Å². The van der Waals surface area contributed by atoms with Crippen LogP contribution in [0.25, 0.3) is 0 Å². The molecule has 1 saturated heterocycles. The van der Waals surface area contributed by atoms with Crippen molar-refractivity contribution in [2.24, 2.45) is 0 Å². The summed E-state index contributed by atoms with van der Waals surface area (Å²) in [7, 11) is 3.66. The fourth-order valence-electron chi connectivity index (χ4n) is 3.63. The Morgan fingerprint density at radius 1 is 1.07 bits per heavy atom. The summed E-state index contributed by atoms with van der Waals surface area (Å²) in [5.41, 5.74) is 1.84. The maximum Gasteiger partial charge on any atom is 0.248 e. The Morgan fingerprint density at radius 3 is 2.55 bits per heavy atom. The zero-order chi connectivity index (χ0) is 20.2. The van der Waals surface area contributed by atoms with Crippen LogP contribution >= 0.6 is 0 Å². The molecule has 8 nitrogen and oxygen atoms in total. The maximum atomic E-state index is 12.3. The van der Waals surface area contributed by atoms with Crippen molar-refractivity contribution in [1.29, 1.82) is 0 Å². The number of aromatic nitrogens is 2. The van der Waals surface area contributed by atoms with E-state index in [1.807, 2.05) is 30.3 Å². The molecule has 0 saturated carbocycles. The number of likely N-dealkylation sites (N-methyl/N-ethyl adjacent to an activating group) is 1. The van der Waals surface area contributed by atoms with E-state index in [1.54, 1.807) is 4.90 Å². The predicted octanol–water partition coefficient (Wildman–Crippen LogP) is 1.55. The second-order valence-electron chi connectivity index (χ2n) is 7.46. The number of hydrogen-bond donors (Lipinski definition) is 0. The maximum absolute atomic E-state index is 12.3. The minimum Gasteiger partial charge on any atom is -0.438 e. The molecule has 29 heavy (non-hydrogen) atoms. The monoisotopic (exact) mass is 397 g/mol. The molecule has 0 bridgehead atoms. The van der Waals surface area contributed by atoms with Gasteiger partial charge in [-0.15, -0.1) is 0 Å². The van der Waals surface area contributed by atoms with E-state index in [1.165, 1.54) is 7.11 Å². The summed E-state index contributed by atoms with van der Waals surface area (Å²) in [5, 5.41) is 0. The van der Waals surface area contributed by atoms with Crippen molar-refractivity contribution in [3.63, 3.8) is 0 Å². The van der Waals surface area contributed by atoms with Gasteiger partial charge in [-0.1, -0.05) is 18.2 Å². The fraction of sp³-hybridized carbons (Fsp3) is 0.476. The average molecular weight is 397 g/mol. The zero-order valence-electron chi connectivity index (χ0n) is 17.0. The number of carbonyl (C=O) groups excluding carboxylic acids is 1. The van der Waals surface area contributed by atoms with E-state index in [9.17, 15) is 4.79 Å². The second kappa shape index (κ2) is 8.75. The van der Waals surface area contributed by atoms with Crippen molar-refractivity contribution in [3.05, 3.63) is 41.6 Å². The van der Waals surface area contributed by atoms with Crippen LogP contribution in [0.4, 0.5) is 5.95 Å². The second-order valence-corrected chi connectivity index (χ2v) is 7.46. The lowest BCUT2D eigenvalue weighted by Gasteiger charge is -2.34. The largest absolute Gasteiger partial charge is 0.438 e. The summed E-state index contributed by atoms with van der Waals surface area (Å²) in [6.45, 7) is 4.87. The number of hydrogen-bond acceptors (Lipinski definition) is 7. The predicted molar refractivity (Wildman–Crippen MR) is 109 cm³/mol. The van der Waals surface area contributed by atoms with E-state index >= 15 is 0 Å². The summed E-state index contributed by atoms with van der Waals surface area (Å²) in [6, 6.07) is 9.61. The molecular formula is C21H27N5O3. The molecule has 2 aliphatic heterocycles. The van der Waals surface area contributed by atoms with Gasteiger partial charge in [-0.2, -0.15) is 4.98 Å². The normalized spacial score (nSPS) is 17.2. The number of amides is 1. The number of fused-ring (bicyclic) bond motifs is 1. The van der Waals surface area contributed by atoms with E-state index in [2.05, 4.69) is 16.8 Å². The molecule has 8 heteroatoms. The molecule has 0 N–H and O–H groups in total. The van der Waals surface area contributed by atoms with Gasteiger partial charge < -0.3 is 24.2 Å². The highest BCUT2D eigenvalue weighted by atomic mass is 16.5. The molecule has 0 radical (unpaired) electrons. The Balaban J connectivity index is 1.66. The molecule has 1 aromatic carbocycles. The Morgan fingerprint density at radius 2 is 1.83 bits per heavy atom. The van der Waals surface area contributed by atoms with Crippen LogP contribution in [0.5, 0.6) is 11.6 Å². The number of methoxy groups -OCH3 is 1. The van der Waals surface area contributed by atoms with Crippen LogP contribution in [-0.4, -0.2) is 79.2 Å². The van der Waals surface area contributed by atoms with Crippen molar-refractivity contribution >= 4 is 11.9 Å². The van der Waals surface area contributed by atoms with Crippen LogP contribution in [0.1, 0.15) is 11.3 Å². The standard InChI is InChI=1S/C21H27N5O3/c1-24-10-12-25(13-11-24)21-22-18-8-9-26(19(27)15-28-2)14-17(18)20(23-21)29-16-6-4-3-5-7-16/h3-7H,8-15H2,1-2H3. The van der Waals surface area contributed by atoms with Crippen molar-refractivity contribution in [2.75, 3.05) is 58.4 Å². The van der Waals surface area contributed by atoms with Gasteiger partial charge in [0.1, 0.15) is 12.4 Å². The highest BCUT2D eigenvalue weighted by Crippen LogP contribution is 2.31. The van der Waals surface area contributed by atoms with Crippen molar-refractivity contribution in [2.45, 2.75) is 13.0 Å². The van der Waals surface area contributed by atoms with Crippen LogP contribution in [0.2, 0.25) is 0 Å². The number of ether oxygens (including phenoxy) is 2. The quantitative estimate of drug-likeness (QED) is 0.758. The van der Waals surface area contributed by atoms with Crippen LogP contribution < -0.4 is 9.64 Å². The first-order valence-corrected chi connectivity index (χ1v) is 9.97. The van der Waals surface area contributed by atoms with Crippen molar-refractivity contribution in [1.82, 2.24) is 19.8 Å². The van der Waals surface area contributed by atoms with Gasteiger partial charge in [0.05, 0.1) is 17.8 Å². The number of carbonyl (C=O) groups is 1. The number of para-hydroxylation sites is 1. The van der Waals surface area contributed by atoms with Crippen LogP contribution in [-0.2, 0) is 22.5 Å². The molecule has 0 spiro atoms. The minimum absolute atomic E-state index is 0.0352. The lowest BCUT2D eigenvalue weighted by Crippen LogP contribution is -2.45. The fourth-order valence-corrected chi connectivity index (χ4v) is 3.63. The Labute approximate surface area is 171 Å². The molecule has 4 rings (SSSR count). The van der Waals surface area contributed by atoms with E-state index in [4.69, 9.17) is 19.4 Å². The number of piperazine rings is 1. The van der Waals surface area contributed by atoms with Crippen LogP contribution in [0.3, 0.4) is 0 Å². The molecule has 1 fully saturated rings. The van der Waals surface area contributed by atoms with Gasteiger partial charge in [-0.3, -0.25) is 4.79 Å². The van der Waals surface area contributed by atoms with Gasteiger partial charge in [0, 0.05) is 46.3 Å².